The van der Waals surface area contributed by atoms with E-state index in [0.717, 1.165) is 96.3 Å². The summed E-state index contributed by atoms with van der Waals surface area (Å²) >= 11 is 0. The maximum atomic E-state index is 12.9. The number of carbonyl (C=O) groups excluding carboxylic acids is 3. The van der Waals surface area contributed by atoms with Gasteiger partial charge in [0.05, 0.1) is 0 Å². The van der Waals surface area contributed by atoms with Gasteiger partial charge in [-0.3, -0.25) is 14.4 Å². The van der Waals surface area contributed by atoms with Crippen molar-refractivity contribution in [2.45, 2.75) is 354 Å². The first kappa shape index (κ1) is 76.6. The van der Waals surface area contributed by atoms with Crippen LogP contribution in [0, 0.1) is 0 Å². The predicted octanol–water partition coefficient (Wildman–Crippen LogP) is 23.8. The van der Waals surface area contributed by atoms with Gasteiger partial charge in [0.1, 0.15) is 13.2 Å². The van der Waals surface area contributed by atoms with Crippen molar-refractivity contribution < 1.29 is 28.6 Å². The lowest BCUT2D eigenvalue weighted by Crippen LogP contribution is -2.30. The molecule has 0 aliphatic carbocycles. The van der Waals surface area contributed by atoms with Crippen LogP contribution in [0.5, 0.6) is 0 Å². The number of esters is 3. The molecule has 0 aromatic heterocycles. The minimum atomic E-state index is -0.773. The molecule has 462 valence electrons. The van der Waals surface area contributed by atoms with Gasteiger partial charge in [0.25, 0.3) is 0 Å². The number of hydrogen-bond acceptors (Lipinski definition) is 6. The molecule has 1 atom stereocenters. The van der Waals surface area contributed by atoms with Crippen LogP contribution in [0.15, 0.2) is 85.1 Å². The van der Waals surface area contributed by atoms with Gasteiger partial charge < -0.3 is 14.2 Å². The lowest BCUT2D eigenvalue weighted by molar-refractivity contribution is -0.167. The van der Waals surface area contributed by atoms with E-state index in [1.807, 2.05) is 0 Å². The molecule has 1 unspecified atom stereocenters. The average Bonchev–Trinajstić information content (AvgIpc) is 3.46. The maximum absolute atomic E-state index is 12.9. The van der Waals surface area contributed by atoms with Crippen LogP contribution in [0.4, 0.5) is 0 Å². The molecule has 0 bridgehead atoms. The molecule has 0 heterocycles. The van der Waals surface area contributed by atoms with Crippen LogP contribution in [0.25, 0.3) is 0 Å². The summed E-state index contributed by atoms with van der Waals surface area (Å²) in [6, 6.07) is 0. The number of hydrogen-bond donors (Lipinski definition) is 0. The standard InChI is InChI=1S/C74H130O6/c1-4-7-10-13-16-19-21-23-25-27-29-30-31-32-33-34-35-36-37-38-39-40-41-42-43-44-46-47-49-51-53-55-58-61-64-67-73(76)79-70-71(69-78-72(75)66-63-60-57-18-15-12-9-6-3)80-74(77)68-65-62-59-56-54-52-50-48-45-28-26-24-22-20-17-14-11-8-5-2/h7,10,16,19,23-26,29-30,32-33,35-36,71H,4-6,8-9,11-15,17-18,20-22,27-28,31,34,37-70H2,1-3H3/b10-7-,19-16-,25-23-,26-24-,30-29-,33-32-,36-35-. The molecule has 0 radical (unpaired) electrons. The van der Waals surface area contributed by atoms with E-state index < -0.39 is 6.10 Å². The first-order valence-corrected chi connectivity index (χ1v) is 34.6. The minimum absolute atomic E-state index is 0.0718. The molecule has 0 aromatic rings. The van der Waals surface area contributed by atoms with Crippen molar-refractivity contribution in [3.8, 4) is 0 Å². The molecule has 0 fully saturated rings. The van der Waals surface area contributed by atoms with E-state index in [2.05, 4.69) is 106 Å². The summed E-state index contributed by atoms with van der Waals surface area (Å²) < 4.78 is 16.9. The van der Waals surface area contributed by atoms with Crippen LogP contribution in [0.2, 0.25) is 0 Å². The van der Waals surface area contributed by atoms with Gasteiger partial charge in [-0.05, 0) is 96.3 Å². The topological polar surface area (TPSA) is 78.9 Å². The lowest BCUT2D eigenvalue weighted by Gasteiger charge is -2.18. The Bertz CT molecular complexity index is 1520. The molecule has 0 saturated heterocycles. The Hall–Kier alpha value is -3.41. The maximum Gasteiger partial charge on any atom is 0.306 e. The fourth-order valence-corrected chi connectivity index (χ4v) is 9.97. The summed E-state index contributed by atoms with van der Waals surface area (Å²) in [5.74, 6) is -0.861. The molecular formula is C74H130O6. The van der Waals surface area contributed by atoms with Crippen LogP contribution in [-0.2, 0) is 28.6 Å². The molecule has 80 heavy (non-hydrogen) atoms. The van der Waals surface area contributed by atoms with Crippen LogP contribution in [0.1, 0.15) is 348 Å². The zero-order valence-electron chi connectivity index (χ0n) is 53.1. The SMILES string of the molecule is CC/C=C\C/C=C\C/C=C\C/C=C\C/C=C\C/C=C\CCCCCCCCCCCCCCCCCCC(=O)OCC(COC(=O)CCCCCCCCCC)OC(=O)CCCCCCCCCCC/C=C\CCCCCCCC. The van der Waals surface area contributed by atoms with E-state index in [0.29, 0.717) is 19.3 Å². The van der Waals surface area contributed by atoms with Crippen molar-refractivity contribution in [2.75, 3.05) is 13.2 Å². The van der Waals surface area contributed by atoms with Crippen LogP contribution >= 0.6 is 0 Å². The van der Waals surface area contributed by atoms with Crippen molar-refractivity contribution in [1.29, 1.82) is 0 Å². The zero-order chi connectivity index (χ0) is 57.8. The summed E-state index contributed by atoms with van der Waals surface area (Å²) in [5.41, 5.74) is 0. The number of carbonyl (C=O) groups is 3. The third-order valence-corrected chi connectivity index (χ3v) is 15.1. The Labute approximate surface area is 496 Å². The van der Waals surface area contributed by atoms with Gasteiger partial charge in [-0.1, -0.05) is 318 Å². The first-order valence-electron chi connectivity index (χ1n) is 34.6. The lowest BCUT2D eigenvalue weighted by atomic mass is 10.0. The van der Waals surface area contributed by atoms with Gasteiger partial charge in [0.2, 0.25) is 0 Å². The van der Waals surface area contributed by atoms with Gasteiger partial charge in [-0.25, -0.2) is 0 Å². The second-order valence-electron chi connectivity index (χ2n) is 23.1. The molecule has 0 aromatic carbocycles. The second-order valence-corrected chi connectivity index (χ2v) is 23.1. The number of rotatable bonds is 63. The van der Waals surface area contributed by atoms with Gasteiger partial charge in [0.15, 0.2) is 6.10 Å². The highest BCUT2D eigenvalue weighted by Gasteiger charge is 2.19. The molecule has 0 rings (SSSR count). The Morgan fingerprint density at radius 1 is 0.263 bits per heavy atom. The fraction of sp³-hybridized carbons (Fsp3) is 0.770. The highest BCUT2D eigenvalue weighted by atomic mass is 16.6. The Kier molecular flexibility index (Phi) is 65.2. The van der Waals surface area contributed by atoms with E-state index in [-0.39, 0.29) is 31.1 Å². The monoisotopic (exact) mass is 1110 g/mol. The van der Waals surface area contributed by atoms with E-state index in [1.54, 1.807) is 0 Å². The van der Waals surface area contributed by atoms with Crippen molar-refractivity contribution >= 4 is 17.9 Å². The number of allylic oxidation sites excluding steroid dienone is 14. The average molecular weight is 1120 g/mol. The molecule has 6 nitrogen and oxygen atoms in total. The smallest absolute Gasteiger partial charge is 0.306 e. The highest BCUT2D eigenvalue weighted by molar-refractivity contribution is 5.71. The minimum Gasteiger partial charge on any atom is -0.462 e. The van der Waals surface area contributed by atoms with Crippen molar-refractivity contribution in [2.24, 2.45) is 0 Å². The van der Waals surface area contributed by atoms with Crippen molar-refractivity contribution in [3.63, 3.8) is 0 Å². The molecule has 0 aliphatic heterocycles. The van der Waals surface area contributed by atoms with Gasteiger partial charge >= 0.3 is 17.9 Å². The summed E-state index contributed by atoms with van der Waals surface area (Å²) in [7, 11) is 0. The van der Waals surface area contributed by atoms with Crippen LogP contribution in [-0.4, -0.2) is 37.2 Å². The van der Waals surface area contributed by atoms with Crippen LogP contribution in [0.3, 0.4) is 0 Å². The largest absolute Gasteiger partial charge is 0.462 e. The van der Waals surface area contributed by atoms with Crippen LogP contribution < -0.4 is 0 Å². The quantitative estimate of drug-likeness (QED) is 0.0261. The first-order chi connectivity index (χ1) is 39.5. The summed E-state index contributed by atoms with van der Waals surface area (Å²) in [4.78, 5) is 38.2. The van der Waals surface area contributed by atoms with Gasteiger partial charge in [-0.2, -0.15) is 0 Å². The van der Waals surface area contributed by atoms with Crippen molar-refractivity contribution in [1.82, 2.24) is 0 Å². The number of ether oxygens (including phenoxy) is 3. The second kappa shape index (κ2) is 68.1. The third-order valence-electron chi connectivity index (χ3n) is 15.1. The number of unbranched alkanes of at least 4 members (excludes halogenated alkanes) is 38. The van der Waals surface area contributed by atoms with E-state index in [4.69, 9.17) is 14.2 Å². The van der Waals surface area contributed by atoms with E-state index in [1.165, 1.54) is 212 Å². The summed E-state index contributed by atoms with van der Waals surface area (Å²) in [6.45, 7) is 6.53. The fourth-order valence-electron chi connectivity index (χ4n) is 9.97. The van der Waals surface area contributed by atoms with E-state index in [9.17, 15) is 14.4 Å². The molecular weight excluding hydrogens is 985 g/mol. The third kappa shape index (κ3) is 65.4. The normalized spacial score (nSPS) is 12.6. The molecule has 0 saturated carbocycles. The predicted molar refractivity (Wildman–Crippen MR) is 348 cm³/mol. The molecule has 0 spiro atoms. The Balaban J connectivity index is 4.04. The van der Waals surface area contributed by atoms with Crippen molar-refractivity contribution in [3.05, 3.63) is 85.1 Å². The van der Waals surface area contributed by atoms with E-state index >= 15 is 0 Å². The molecule has 6 heteroatoms. The molecule has 0 N–H and O–H groups in total. The Morgan fingerprint density at radius 2 is 0.487 bits per heavy atom. The molecule has 0 amide bonds. The Morgan fingerprint density at radius 3 is 0.775 bits per heavy atom. The van der Waals surface area contributed by atoms with Gasteiger partial charge in [-0.15, -0.1) is 0 Å². The summed E-state index contributed by atoms with van der Waals surface area (Å²) in [5, 5.41) is 0. The highest BCUT2D eigenvalue weighted by Crippen LogP contribution is 2.17. The summed E-state index contributed by atoms with van der Waals surface area (Å²) in [6.07, 6.45) is 90.6. The molecule has 0 aliphatic rings. The zero-order valence-corrected chi connectivity index (χ0v) is 53.1. The van der Waals surface area contributed by atoms with Gasteiger partial charge in [0, 0.05) is 19.3 Å².